The van der Waals surface area contributed by atoms with E-state index in [0.29, 0.717) is 29.6 Å². The average Bonchev–Trinajstić information content (AvgIpc) is 3.36. The van der Waals surface area contributed by atoms with Gasteiger partial charge in [0.05, 0.1) is 6.20 Å². The van der Waals surface area contributed by atoms with Gasteiger partial charge in [-0.3, -0.25) is 4.79 Å². The number of para-hydroxylation sites is 1. The van der Waals surface area contributed by atoms with E-state index < -0.39 is 5.82 Å². The second kappa shape index (κ2) is 8.66. The molecule has 1 unspecified atom stereocenters. The zero-order chi connectivity index (χ0) is 20.2. The molecule has 0 spiro atoms. The van der Waals surface area contributed by atoms with Crippen LogP contribution in [0.2, 0.25) is 5.02 Å². The summed E-state index contributed by atoms with van der Waals surface area (Å²) < 4.78 is 25.0. The van der Waals surface area contributed by atoms with Gasteiger partial charge in [0.25, 0.3) is 5.91 Å². The smallest absolute Gasteiger partial charge is 0.261 e. The molecule has 2 aromatic carbocycles. The van der Waals surface area contributed by atoms with Gasteiger partial charge in [-0.1, -0.05) is 35.9 Å². The van der Waals surface area contributed by atoms with Crippen LogP contribution in [0, 0.1) is 5.82 Å². The van der Waals surface area contributed by atoms with Crippen LogP contribution >= 0.6 is 11.6 Å². The van der Waals surface area contributed by atoms with E-state index in [1.807, 2.05) is 24.3 Å². The highest BCUT2D eigenvalue weighted by atomic mass is 35.5. The van der Waals surface area contributed by atoms with Crippen molar-refractivity contribution in [3.63, 3.8) is 0 Å². The standard InChI is InChI=1S/C22H20ClFN2O3/c23-16-6-3-5-15(11-16)12-17-13-25-22(29-17)19-8-4-10-26(19)21(27)14-28-20-9-2-1-7-18(20)24/h1-3,5-7,9,11,13,19H,4,8,10,12,14H2. The SMILES string of the molecule is O=C(COc1ccccc1F)N1CCCC1c1ncc(Cc2cccc(Cl)c2)o1. The number of nitrogens with zero attached hydrogens (tertiary/aromatic N) is 2. The van der Waals surface area contributed by atoms with Crippen molar-refractivity contribution in [2.24, 2.45) is 0 Å². The number of halogens is 2. The zero-order valence-corrected chi connectivity index (χ0v) is 16.4. The first kappa shape index (κ1) is 19.5. The molecule has 1 amide bonds. The number of oxazole rings is 1. The second-order valence-electron chi connectivity index (χ2n) is 6.94. The third kappa shape index (κ3) is 4.59. The predicted octanol–water partition coefficient (Wildman–Crippen LogP) is 4.80. The Morgan fingerprint density at radius 2 is 2.14 bits per heavy atom. The van der Waals surface area contributed by atoms with Crippen molar-refractivity contribution in [3.05, 3.63) is 82.8 Å². The van der Waals surface area contributed by atoms with Crippen molar-refractivity contribution in [3.8, 4) is 5.75 Å². The molecule has 4 rings (SSSR count). The van der Waals surface area contributed by atoms with Crippen LogP contribution in [0.15, 0.2) is 59.1 Å². The number of amides is 1. The summed E-state index contributed by atoms with van der Waals surface area (Å²) in [6, 6.07) is 13.4. The molecule has 2 heterocycles. The fraction of sp³-hybridized carbons (Fsp3) is 0.273. The summed E-state index contributed by atoms with van der Waals surface area (Å²) in [5.74, 6) is 0.585. The summed E-state index contributed by atoms with van der Waals surface area (Å²) in [5.41, 5.74) is 1.03. The maximum Gasteiger partial charge on any atom is 0.261 e. The van der Waals surface area contributed by atoms with Crippen molar-refractivity contribution in [1.82, 2.24) is 9.88 Å². The summed E-state index contributed by atoms with van der Waals surface area (Å²) in [5, 5.41) is 0.671. The zero-order valence-electron chi connectivity index (χ0n) is 15.7. The molecule has 1 atom stereocenters. The van der Waals surface area contributed by atoms with E-state index in [9.17, 15) is 9.18 Å². The quantitative estimate of drug-likeness (QED) is 0.581. The molecule has 1 aromatic heterocycles. The van der Waals surface area contributed by atoms with Crippen LogP contribution in [0.25, 0.3) is 0 Å². The third-order valence-corrected chi connectivity index (χ3v) is 5.12. The van der Waals surface area contributed by atoms with Crippen molar-refractivity contribution in [2.45, 2.75) is 25.3 Å². The van der Waals surface area contributed by atoms with Crippen molar-refractivity contribution in [1.29, 1.82) is 0 Å². The van der Waals surface area contributed by atoms with Crippen molar-refractivity contribution < 1.29 is 18.3 Å². The number of carbonyl (C=O) groups excluding carboxylic acids is 1. The van der Waals surface area contributed by atoms with Gasteiger partial charge in [-0.05, 0) is 42.7 Å². The van der Waals surface area contributed by atoms with Crippen LogP contribution in [-0.2, 0) is 11.2 Å². The first-order valence-corrected chi connectivity index (χ1v) is 9.84. The summed E-state index contributed by atoms with van der Waals surface area (Å²) >= 11 is 6.03. The third-order valence-electron chi connectivity index (χ3n) is 4.88. The Bertz CT molecular complexity index is 1010. The first-order valence-electron chi connectivity index (χ1n) is 9.46. The van der Waals surface area contributed by atoms with Crippen LogP contribution in [0.5, 0.6) is 5.75 Å². The molecule has 7 heteroatoms. The largest absolute Gasteiger partial charge is 0.481 e. The van der Waals surface area contributed by atoms with Crippen molar-refractivity contribution in [2.75, 3.05) is 13.2 Å². The van der Waals surface area contributed by atoms with Gasteiger partial charge in [-0.25, -0.2) is 9.37 Å². The van der Waals surface area contributed by atoms with E-state index in [2.05, 4.69) is 4.98 Å². The van der Waals surface area contributed by atoms with Crippen LogP contribution in [0.1, 0.15) is 36.1 Å². The molecule has 0 N–H and O–H groups in total. The Morgan fingerprint density at radius 3 is 2.97 bits per heavy atom. The van der Waals surface area contributed by atoms with E-state index in [1.54, 1.807) is 23.2 Å². The monoisotopic (exact) mass is 414 g/mol. The molecular weight excluding hydrogens is 395 g/mol. The van der Waals surface area contributed by atoms with E-state index in [-0.39, 0.29) is 24.3 Å². The highest BCUT2D eigenvalue weighted by Gasteiger charge is 2.33. The number of aromatic nitrogens is 1. The Kier molecular flexibility index (Phi) is 5.81. The average molecular weight is 415 g/mol. The highest BCUT2D eigenvalue weighted by Crippen LogP contribution is 2.32. The number of ether oxygens (including phenoxy) is 1. The summed E-state index contributed by atoms with van der Waals surface area (Å²) in [6.45, 7) is 0.365. The molecule has 0 radical (unpaired) electrons. The minimum Gasteiger partial charge on any atom is -0.481 e. The summed E-state index contributed by atoms with van der Waals surface area (Å²) in [6.07, 6.45) is 3.88. The van der Waals surface area contributed by atoms with Crippen LogP contribution < -0.4 is 4.74 Å². The molecule has 1 aliphatic heterocycles. The van der Waals surface area contributed by atoms with Gasteiger partial charge in [0, 0.05) is 18.0 Å². The molecule has 150 valence electrons. The second-order valence-corrected chi connectivity index (χ2v) is 7.37. The van der Waals surface area contributed by atoms with E-state index >= 15 is 0 Å². The Hall–Kier alpha value is -2.86. The van der Waals surface area contributed by atoms with E-state index in [4.69, 9.17) is 20.8 Å². The van der Waals surface area contributed by atoms with Crippen LogP contribution in [0.3, 0.4) is 0 Å². The van der Waals surface area contributed by atoms with Gasteiger partial charge in [0.2, 0.25) is 5.89 Å². The van der Waals surface area contributed by atoms with Crippen LogP contribution in [-0.4, -0.2) is 28.9 Å². The van der Waals surface area contributed by atoms with E-state index in [0.717, 1.165) is 18.4 Å². The fourth-order valence-corrected chi connectivity index (χ4v) is 3.73. The highest BCUT2D eigenvalue weighted by molar-refractivity contribution is 6.30. The lowest BCUT2D eigenvalue weighted by atomic mass is 10.1. The molecule has 5 nitrogen and oxygen atoms in total. The van der Waals surface area contributed by atoms with E-state index in [1.165, 1.54) is 12.1 Å². The first-order chi connectivity index (χ1) is 14.1. The molecule has 1 aliphatic rings. The Morgan fingerprint density at radius 1 is 1.28 bits per heavy atom. The molecule has 3 aromatic rings. The van der Waals surface area contributed by atoms with Gasteiger partial charge in [0.1, 0.15) is 11.8 Å². The molecule has 1 saturated heterocycles. The Balaban J connectivity index is 1.41. The number of hydrogen-bond acceptors (Lipinski definition) is 4. The molecule has 1 fully saturated rings. The molecular formula is C22H20ClFN2O3. The molecule has 0 aliphatic carbocycles. The van der Waals surface area contributed by atoms with Gasteiger partial charge < -0.3 is 14.1 Å². The predicted molar refractivity (Wildman–Crippen MR) is 106 cm³/mol. The fourth-order valence-electron chi connectivity index (χ4n) is 3.51. The lowest BCUT2D eigenvalue weighted by Gasteiger charge is -2.22. The minimum absolute atomic E-state index is 0.0662. The van der Waals surface area contributed by atoms with Crippen molar-refractivity contribution >= 4 is 17.5 Å². The lowest BCUT2D eigenvalue weighted by molar-refractivity contribution is -0.134. The number of carbonyl (C=O) groups is 1. The molecule has 0 saturated carbocycles. The number of rotatable bonds is 6. The molecule has 0 bridgehead atoms. The topological polar surface area (TPSA) is 55.6 Å². The van der Waals surface area contributed by atoms with Gasteiger partial charge >= 0.3 is 0 Å². The number of hydrogen-bond donors (Lipinski definition) is 0. The number of benzene rings is 2. The lowest BCUT2D eigenvalue weighted by Crippen LogP contribution is -2.34. The van der Waals surface area contributed by atoms with Gasteiger partial charge in [-0.15, -0.1) is 0 Å². The minimum atomic E-state index is -0.489. The van der Waals surface area contributed by atoms with Gasteiger partial charge in [-0.2, -0.15) is 0 Å². The van der Waals surface area contributed by atoms with Gasteiger partial charge in [0.15, 0.2) is 18.2 Å². The maximum absolute atomic E-state index is 13.7. The summed E-state index contributed by atoms with van der Waals surface area (Å²) in [4.78, 5) is 18.7. The summed E-state index contributed by atoms with van der Waals surface area (Å²) in [7, 11) is 0. The Labute approximate surface area is 173 Å². The molecule has 29 heavy (non-hydrogen) atoms. The van der Waals surface area contributed by atoms with Crippen LogP contribution in [0.4, 0.5) is 4.39 Å². The normalized spacial score (nSPS) is 16.2. The maximum atomic E-state index is 13.7. The number of likely N-dealkylation sites (tertiary alicyclic amines) is 1.